The van der Waals surface area contributed by atoms with Gasteiger partial charge in [-0.05, 0) is 19.4 Å². The summed E-state index contributed by atoms with van der Waals surface area (Å²) in [6, 6.07) is 4.84. The van der Waals surface area contributed by atoms with Gasteiger partial charge >= 0.3 is 0 Å². The molecule has 22 heavy (non-hydrogen) atoms. The minimum absolute atomic E-state index is 0.261. The van der Waals surface area contributed by atoms with Crippen molar-refractivity contribution >= 4 is 5.91 Å². The van der Waals surface area contributed by atoms with Crippen LogP contribution >= 0.6 is 0 Å². The zero-order valence-electron chi connectivity index (χ0n) is 12.7. The SMILES string of the molecule is CCC(C)(C#N)NC(=O)c1ccc(=O)n(-c2cnn(C)c2)c1. The Kier molecular flexibility index (Phi) is 4.13. The summed E-state index contributed by atoms with van der Waals surface area (Å²) in [5, 5.41) is 15.8. The maximum atomic E-state index is 12.3. The Morgan fingerprint density at radius 3 is 2.73 bits per heavy atom. The molecule has 2 rings (SSSR count). The Balaban J connectivity index is 2.36. The number of hydrogen-bond acceptors (Lipinski definition) is 4. The van der Waals surface area contributed by atoms with Crippen LogP contribution in [0.2, 0.25) is 0 Å². The van der Waals surface area contributed by atoms with Gasteiger partial charge in [0.1, 0.15) is 5.54 Å². The monoisotopic (exact) mass is 299 g/mol. The quantitative estimate of drug-likeness (QED) is 0.911. The number of nitrogens with one attached hydrogen (secondary N) is 1. The normalized spacial score (nSPS) is 13.2. The first-order valence-electron chi connectivity index (χ1n) is 6.84. The van der Waals surface area contributed by atoms with Crippen LogP contribution in [0.5, 0.6) is 0 Å². The molecule has 0 aliphatic carbocycles. The van der Waals surface area contributed by atoms with Crippen LogP contribution in [-0.4, -0.2) is 25.8 Å². The van der Waals surface area contributed by atoms with Gasteiger partial charge in [-0.2, -0.15) is 10.4 Å². The number of carbonyl (C=O) groups is 1. The van der Waals surface area contributed by atoms with Crippen LogP contribution < -0.4 is 10.9 Å². The lowest BCUT2D eigenvalue weighted by molar-refractivity contribution is 0.0922. The van der Waals surface area contributed by atoms with E-state index in [1.54, 1.807) is 24.9 Å². The molecule has 7 heteroatoms. The molecule has 0 bridgehead atoms. The molecule has 0 radical (unpaired) electrons. The molecule has 0 saturated heterocycles. The van der Waals surface area contributed by atoms with Gasteiger partial charge in [-0.1, -0.05) is 6.92 Å². The number of amides is 1. The Labute approximate surface area is 127 Å². The molecule has 7 nitrogen and oxygen atoms in total. The summed E-state index contributed by atoms with van der Waals surface area (Å²) in [7, 11) is 1.74. The van der Waals surface area contributed by atoms with Crippen molar-refractivity contribution in [3.8, 4) is 11.8 Å². The van der Waals surface area contributed by atoms with E-state index in [4.69, 9.17) is 5.26 Å². The number of nitriles is 1. The molecular weight excluding hydrogens is 282 g/mol. The van der Waals surface area contributed by atoms with Crippen LogP contribution in [0.15, 0.2) is 35.5 Å². The minimum Gasteiger partial charge on any atom is -0.334 e. The molecule has 1 N–H and O–H groups in total. The molecule has 1 amide bonds. The van der Waals surface area contributed by atoms with E-state index < -0.39 is 11.4 Å². The zero-order valence-corrected chi connectivity index (χ0v) is 12.7. The van der Waals surface area contributed by atoms with E-state index in [1.165, 1.54) is 29.1 Å². The first-order chi connectivity index (χ1) is 10.4. The van der Waals surface area contributed by atoms with Crippen LogP contribution in [-0.2, 0) is 7.05 Å². The Morgan fingerprint density at radius 2 is 2.18 bits per heavy atom. The van der Waals surface area contributed by atoms with E-state index in [1.807, 2.05) is 6.92 Å². The summed E-state index contributed by atoms with van der Waals surface area (Å²) in [5.41, 5.74) is -0.325. The number of nitrogens with zero attached hydrogens (tertiary/aromatic N) is 4. The van der Waals surface area contributed by atoms with Gasteiger partial charge in [0.2, 0.25) is 0 Å². The maximum Gasteiger partial charge on any atom is 0.255 e. The number of hydrogen-bond donors (Lipinski definition) is 1. The van der Waals surface area contributed by atoms with Gasteiger partial charge in [0.05, 0.1) is 23.5 Å². The van der Waals surface area contributed by atoms with Gasteiger partial charge in [-0.25, -0.2) is 0 Å². The first kappa shape index (κ1) is 15.5. The van der Waals surface area contributed by atoms with Crippen LogP contribution in [0.25, 0.3) is 5.69 Å². The van der Waals surface area contributed by atoms with Crippen LogP contribution in [0.3, 0.4) is 0 Å². The van der Waals surface area contributed by atoms with Crippen LogP contribution in [0.1, 0.15) is 30.6 Å². The molecule has 1 atom stereocenters. The van der Waals surface area contributed by atoms with Gasteiger partial charge in [-0.15, -0.1) is 0 Å². The molecule has 2 heterocycles. The fraction of sp³-hybridized carbons (Fsp3) is 0.333. The smallest absolute Gasteiger partial charge is 0.255 e. The third kappa shape index (κ3) is 3.06. The van der Waals surface area contributed by atoms with Gasteiger partial charge in [0.25, 0.3) is 11.5 Å². The lowest BCUT2D eigenvalue weighted by atomic mass is 10.0. The third-order valence-corrected chi connectivity index (χ3v) is 3.49. The largest absolute Gasteiger partial charge is 0.334 e. The predicted octanol–water partition coefficient (Wildman–Crippen LogP) is 0.993. The van der Waals surface area contributed by atoms with Crippen molar-refractivity contribution < 1.29 is 4.79 Å². The highest BCUT2D eigenvalue weighted by atomic mass is 16.2. The summed E-state index contributed by atoms with van der Waals surface area (Å²) in [4.78, 5) is 24.2. The first-order valence-corrected chi connectivity index (χ1v) is 6.84. The van der Waals surface area contributed by atoms with E-state index in [0.29, 0.717) is 17.7 Å². The summed E-state index contributed by atoms with van der Waals surface area (Å²) >= 11 is 0. The van der Waals surface area contributed by atoms with Crippen molar-refractivity contribution in [2.75, 3.05) is 0 Å². The average molecular weight is 299 g/mol. The van der Waals surface area contributed by atoms with Crippen molar-refractivity contribution in [3.05, 3.63) is 46.6 Å². The van der Waals surface area contributed by atoms with Crippen LogP contribution in [0.4, 0.5) is 0 Å². The van der Waals surface area contributed by atoms with E-state index >= 15 is 0 Å². The van der Waals surface area contributed by atoms with Crippen molar-refractivity contribution in [3.63, 3.8) is 0 Å². The molecule has 0 saturated carbocycles. The van der Waals surface area contributed by atoms with Gasteiger partial charge < -0.3 is 5.32 Å². The van der Waals surface area contributed by atoms with E-state index in [0.717, 1.165) is 0 Å². The highest BCUT2D eigenvalue weighted by Crippen LogP contribution is 2.10. The summed E-state index contributed by atoms with van der Waals surface area (Å²) < 4.78 is 2.91. The van der Waals surface area contributed by atoms with Gasteiger partial charge in [0.15, 0.2) is 0 Å². The topological polar surface area (TPSA) is 92.7 Å². The second-order valence-electron chi connectivity index (χ2n) is 5.25. The Morgan fingerprint density at radius 1 is 1.45 bits per heavy atom. The highest BCUT2D eigenvalue weighted by molar-refractivity contribution is 5.94. The molecule has 0 spiro atoms. The molecule has 0 fully saturated rings. The minimum atomic E-state index is -0.938. The summed E-state index contributed by atoms with van der Waals surface area (Å²) in [6.07, 6.45) is 5.14. The number of aryl methyl sites for hydroxylation is 1. The second kappa shape index (κ2) is 5.85. The maximum absolute atomic E-state index is 12.3. The number of aromatic nitrogens is 3. The average Bonchev–Trinajstić information content (AvgIpc) is 2.93. The molecule has 0 aliphatic heterocycles. The van der Waals surface area contributed by atoms with Crippen molar-refractivity contribution in [1.82, 2.24) is 19.7 Å². The fourth-order valence-electron chi connectivity index (χ4n) is 1.87. The van der Waals surface area contributed by atoms with E-state index in [9.17, 15) is 9.59 Å². The lowest BCUT2D eigenvalue weighted by Gasteiger charge is -2.21. The van der Waals surface area contributed by atoms with E-state index in [2.05, 4.69) is 16.5 Å². The summed E-state index contributed by atoms with van der Waals surface area (Å²) in [6.45, 7) is 3.47. The van der Waals surface area contributed by atoms with Crippen molar-refractivity contribution in [2.45, 2.75) is 25.8 Å². The molecule has 2 aromatic rings. The highest BCUT2D eigenvalue weighted by Gasteiger charge is 2.24. The molecule has 2 aromatic heterocycles. The van der Waals surface area contributed by atoms with Crippen LogP contribution in [0, 0.1) is 11.3 Å². The van der Waals surface area contributed by atoms with Crippen molar-refractivity contribution in [1.29, 1.82) is 5.26 Å². The molecule has 114 valence electrons. The lowest BCUT2D eigenvalue weighted by Crippen LogP contribution is -2.44. The summed E-state index contributed by atoms with van der Waals surface area (Å²) in [5.74, 6) is -0.399. The standard InChI is InChI=1S/C15H17N5O2/c1-4-15(2,10-16)18-14(22)11-5-6-13(21)20(8-11)12-7-17-19(3)9-12/h5-9H,4H2,1-3H3,(H,18,22). The van der Waals surface area contributed by atoms with Crippen molar-refractivity contribution in [2.24, 2.45) is 7.05 Å². The molecule has 1 unspecified atom stereocenters. The third-order valence-electron chi connectivity index (χ3n) is 3.49. The number of pyridine rings is 1. The molecular formula is C15H17N5O2. The zero-order chi connectivity index (χ0) is 16.3. The second-order valence-corrected chi connectivity index (χ2v) is 5.25. The van der Waals surface area contributed by atoms with Gasteiger partial charge in [-0.3, -0.25) is 18.8 Å². The predicted molar refractivity (Wildman–Crippen MR) is 80.6 cm³/mol. The number of rotatable bonds is 4. The number of carbonyl (C=O) groups excluding carboxylic acids is 1. The molecule has 0 aliphatic rings. The Bertz CT molecular complexity index is 799. The van der Waals surface area contributed by atoms with Gasteiger partial charge in [0, 0.05) is 25.5 Å². The fourth-order valence-corrected chi connectivity index (χ4v) is 1.87. The Hall–Kier alpha value is -2.88. The van der Waals surface area contributed by atoms with E-state index in [-0.39, 0.29) is 5.56 Å². The molecule has 0 aromatic carbocycles.